The Hall–Kier alpha value is -8.80. The minimum atomic E-state index is -1.18. The summed E-state index contributed by atoms with van der Waals surface area (Å²) in [6, 6.07) is 18.0. The van der Waals surface area contributed by atoms with Crippen LogP contribution in [0.1, 0.15) is 98.9 Å². The molecule has 0 saturated heterocycles. The molecular formula is C52H44N2O16. The number of methoxy groups -OCH3 is 2. The van der Waals surface area contributed by atoms with E-state index in [1.165, 1.54) is 62.8 Å². The zero-order valence-electron chi connectivity index (χ0n) is 37.7. The molecule has 6 N–H and O–H groups in total. The number of fused-ring (bicyclic) bond motifs is 2. The summed E-state index contributed by atoms with van der Waals surface area (Å²) in [5.74, 6) is -6.48. The van der Waals surface area contributed by atoms with Crippen LogP contribution in [0.2, 0.25) is 0 Å². The van der Waals surface area contributed by atoms with Crippen LogP contribution in [0.15, 0.2) is 72.8 Å². The van der Waals surface area contributed by atoms with Crippen molar-refractivity contribution in [1.29, 1.82) is 0 Å². The van der Waals surface area contributed by atoms with Gasteiger partial charge in [0.05, 0.1) is 73.8 Å². The summed E-state index contributed by atoms with van der Waals surface area (Å²) >= 11 is 0. The van der Waals surface area contributed by atoms with Crippen molar-refractivity contribution in [3.63, 3.8) is 0 Å². The number of carboxylic acid groups (broad SMARTS) is 4. The molecule has 0 spiro atoms. The van der Waals surface area contributed by atoms with Crippen molar-refractivity contribution in [2.75, 3.05) is 14.2 Å². The molecule has 0 unspecified atom stereocenters. The van der Waals surface area contributed by atoms with E-state index in [9.17, 15) is 59.4 Å². The Balaban J connectivity index is 1.52. The molecule has 4 heterocycles. The van der Waals surface area contributed by atoms with Crippen molar-refractivity contribution in [2.45, 2.75) is 64.6 Å². The zero-order valence-corrected chi connectivity index (χ0v) is 37.7. The summed E-state index contributed by atoms with van der Waals surface area (Å²) in [5.41, 5.74) is 3.82. The molecule has 3 aliphatic rings. The molecule has 0 fully saturated rings. The van der Waals surface area contributed by atoms with Gasteiger partial charge in [0.1, 0.15) is 36.2 Å². The number of aromatic nitrogens is 2. The third-order valence-electron chi connectivity index (χ3n) is 11.8. The average Bonchev–Trinajstić information content (AvgIpc) is 3.29. The zero-order chi connectivity index (χ0) is 50.0. The van der Waals surface area contributed by atoms with Crippen LogP contribution in [0.3, 0.4) is 0 Å². The molecule has 2 aromatic heterocycles. The molecule has 4 aromatic carbocycles. The molecule has 2 aliphatic heterocycles. The van der Waals surface area contributed by atoms with Gasteiger partial charge in [0.2, 0.25) is 0 Å². The van der Waals surface area contributed by atoms with Gasteiger partial charge in [0.25, 0.3) is 0 Å². The van der Waals surface area contributed by atoms with Crippen LogP contribution < -0.4 is 9.47 Å². The fourth-order valence-electron chi connectivity index (χ4n) is 9.03. The van der Waals surface area contributed by atoms with Crippen LogP contribution in [0.25, 0.3) is 11.4 Å². The van der Waals surface area contributed by atoms with Gasteiger partial charge in [-0.15, -0.1) is 0 Å². The summed E-state index contributed by atoms with van der Waals surface area (Å²) in [6.45, 7) is -0.740. The van der Waals surface area contributed by atoms with Crippen LogP contribution in [-0.4, -0.2) is 90.6 Å². The fourth-order valence-corrected chi connectivity index (χ4v) is 9.03. The SMILES string of the molecule is COC(=O)c1cc2nc(c1)-c1cc(C(=O)OC)cc(n1)COc1c3cc(CC(=O)O)cc1Cc1cc(CC(=O)O)cc(c1O)Cc1cc(CC(=O)O)cc(c1OC2)Cc1cc(CC(=O)O)cc(c1O)C3. The Kier molecular flexibility index (Phi) is 13.5. The number of nitrogens with zero attached hydrogens (tertiary/aromatic N) is 2. The Morgan fingerprint density at radius 2 is 0.714 bits per heavy atom. The number of carbonyl (C=O) groups is 6. The monoisotopic (exact) mass is 952 g/mol. The first kappa shape index (κ1) is 47.7. The summed E-state index contributed by atoms with van der Waals surface area (Å²) in [6.07, 6.45) is -2.62. The maximum absolute atomic E-state index is 13.2. The molecule has 0 saturated carbocycles. The predicted octanol–water partition coefficient (Wildman–Crippen LogP) is 5.78. The standard InChI is InChI=1S/C52H44N2O16/c1-67-51(65)37-19-39-23-69-49-33-7-27(13-45(59)60)8-34(49)16-30-4-26(12-44(57)58)6-32(48(30)64)18-36-10-28(14-46(61)62)9-35(17-31-5-25(11-43(55)56)3-29(15-33)47(31)63)50(36)70-24-40-20-38(52(66)68-2)22-42(54-40)41(21-37)53-39/h3-10,19-22,63-64H,11-18,23-24H2,1-2H3,(H,55,56)(H,57,58)(H,59,60)(H,61,62). The molecule has 18 heteroatoms. The number of benzene rings is 4. The number of carboxylic acids is 4. The highest BCUT2D eigenvalue weighted by atomic mass is 16.5. The molecule has 358 valence electrons. The number of aliphatic carboxylic acids is 4. The highest BCUT2D eigenvalue weighted by Gasteiger charge is 2.26. The minimum Gasteiger partial charge on any atom is -0.507 e. The van der Waals surface area contributed by atoms with Gasteiger partial charge in [-0.25, -0.2) is 19.6 Å². The van der Waals surface area contributed by atoms with Crippen LogP contribution in [0.4, 0.5) is 0 Å². The van der Waals surface area contributed by atoms with Crippen molar-refractivity contribution in [2.24, 2.45) is 0 Å². The number of pyridine rings is 2. The number of phenolic OH excluding ortho intramolecular Hbond substituents is 2. The third-order valence-corrected chi connectivity index (χ3v) is 11.8. The lowest BCUT2D eigenvalue weighted by Crippen LogP contribution is -2.11. The first-order valence-corrected chi connectivity index (χ1v) is 21.7. The summed E-state index contributed by atoms with van der Waals surface area (Å²) < 4.78 is 23.5. The first-order valence-electron chi connectivity index (χ1n) is 21.7. The molecule has 6 aromatic rings. The predicted molar refractivity (Wildman–Crippen MR) is 244 cm³/mol. The number of carbonyl (C=O) groups excluding carboxylic acids is 2. The number of rotatable bonds is 10. The quantitative estimate of drug-likeness (QED) is 0.0885. The van der Waals surface area contributed by atoms with E-state index in [0.717, 1.165) is 0 Å². The number of hydrogen-bond donors (Lipinski definition) is 6. The first-order chi connectivity index (χ1) is 33.4. The summed E-state index contributed by atoms with van der Waals surface area (Å²) in [7, 11) is 2.38. The molecule has 1 aliphatic carbocycles. The molecule has 9 rings (SSSR count). The molecule has 18 nitrogen and oxygen atoms in total. The maximum Gasteiger partial charge on any atom is 0.337 e. The Bertz CT molecular complexity index is 2870. The summed E-state index contributed by atoms with van der Waals surface area (Å²) in [5, 5.41) is 64.7. The smallest absolute Gasteiger partial charge is 0.337 e. The lowest BCUT2D eigenvalue weighted by molar-refractivity contribution is -0.137. The molecular weight excluding hydrogens is 909 g/mol. The van der Waals surface area contributed by atoms with Crippen molar-refractivity contribution in [3.05, 3.63) is 162 Å². The molecule has 0 amide bonds. The number of aromatic hydroxyl groups is 2. The van der Waals surface area contributed by atoms with Gasteiger partial charge in [-0.1, -0.05) is 48.5 Å². The molecule has 14 bridgehead atoms. The third kappa shape index (κ3) is 10.7. The lowest BCUT2D eigenvalue weighted by atomic mass is 9.87. The van der Waals surface area contributed by atoms with E-state index in [0.29, 0.717) is 22.3 Å². The van der Waals surface area contributed by atoms with Crippen LogP contribution in [0, 0.1) is 0 Å². The number of hydrogen-bond acceptors (Lipinski definition) is 14. The fraction of sp³-hybridized carbons (Fsp3) is 0.231. The van der Waals surface area contributed by atoms with E-state index in [1.54, 1.807) is 24.3 Å². The van der Waals surface area contributed by atoms with Crippen molar-refractivity contribution in [1.82, 2.24) is 9.97 Å². The minimum absolute atomic E-state index is 0.0272. The Labute approximate surface area is 398 Å². The highest BCUT2D eigenvalue weighted by molar-refractivity contribution is 5.92. The van der Waals surface area contributed by atoms with E-state index < -0.39 is 61.5 Å². The number of phenols is 2. The van der Waals surface area contributed by atoms with Crippen molar-refractivity contribution in [3.8, 4) is 34.4 Å². The van der Waals surface area contributed by atoms with Crippen molar-refractivity contribution >= 4 is 35.8 Å². The second-order valence-electron chi connectivity index (χ2n) is 17.0. The van der Waals surface area contributed by atoms with Gasteiger partial charge in [0.15, 0.2) is 0 Å². The average molecular weight is 953 g/mol. The van der Waals surface area contributed by atoms with E-state index in [2.05, 4.69) is 0 Å². The van der Waals surface area contributed by atoms with E-state index >= 15 is 0 Å². The number of esters is 2. The van der Waals surface area contributed by atoms with Crippen LogP contribution in [-0.2, 0) is 93.2 Å². The highest BCUT2D eigenvalue weighted by Crippen LogP contribution is 2.41. The van der Waals surface area contributed by atoms with Gasteiger partial charge in [-0.2, -0.15) is 0 Å². The van der Waals surface area contributed by atoms with Crippen LogP contribution >= 0.6 is 0 Å². The summed E-state index contributed by atoms with van der Waals surface area (Å²) in [4.78, 5) is 85.2. The van der Waals surface area contributed by atoms with Gasteiger partial charge in [0, 0.05) is 25.7 Å². The van der Waals surface area contributed by atoms with Gasteiger partial charge < -0.3 is 49.6 Å². The number of ether oxygens (including phenoxy) is 4. The van der Waals surface area contributed by atoms with Gasteiger partial charge in [-0.3, -0.25) is 19.2 Å². The van der Waals surface area contributed by atoms with Crippen LogP contribution in [0.5, 0.6) is 23.0 Å². The van der Waals surface area contributed by atoms with Crippen molar-refractivity contribution < 1.29 is 78.4 Å². The van der Waals surface area contributed by atoms with E-state index in [4.69, 9.17) is 28.9 Å². The maximum atomic E-state index is 13.2. The second kappa shape index (κ2) is 19.8. The van der Waals surface area contributed by atoms with Gasteiger partial charge >= 0.3 is 35.8 Å². The molecule has 70 heavy (non-hydrogen) atoms. The second-order valence-corrected chi connectivity index (χ2v) is 17.0. The Morgan fingerprint density at radius 1 is 0.443 bits per heavy atom. The molecule has 0 atom stereocenters. The normalized spacial score (nSPS) is 12.7. The van der Waals surface area contributed by atoms with Gasteiger partial charge in [-0.05, 0) is 91.0 Å². The Morgan fingerprint density at radius 3 is 0.971 bits per heavy atom. The topological polar surface area (TPSA) is 286 Å². The molecule has 0 radical (unpaired) electrons. The van der Waals surface area contributed by atoms with E-state index in [-0.39, 0.29) is 140 Å². The largest absolute Gasteiger partial charge is 0.507 e. The van der Waals surface area contributed by atoms with E-state index in [1.807, 2.05) is 0 Å². The lowest BCUT2D eigenvalue weighted by Gasteiger charge is -2.22.